The Hall–Kier alpha value is -2.95. The third kappa shape index (κ3) is 3.14. The Kier molecular flexibility index (Phi) is 3.73. The topological polar surface area (TPSA) is 70.7 Å². The van der Waals surface area contributed by atoms with Crippen LogP contribution in [0.15, 0.2) is 61.3 Å². The van der Waals surface area contributed by atoms with Crippen LogP contribution >= 0.6 is 0 Å². The van der Waals surface area contributed by atoms with E-state index < -0.39 is 0 Å². The molecule has 0 unspecified atom stereocenters. The Labute approximate surface area is 122 Å². The summed E-state index contributed by atoms with van der Waals surface area (Å²) in [5.74, 6) is -0.165. The third-order valence-corrected chi connectivity index (χ3v) is 3.14. The molecule has 1 aromatic carbocycles. The molecule has 0 bridgehead atoms. The Balaban J connectivity index is 1.71. The SMILES string of the molecule is O=C(NCc1cccc(-c2ccncc2)c1)c1cnc[nH]1. The number of hydrogen-bond acceptors (Lipinski definition) is 3. The Morgan fingerprint density at radius 3 is 2.71 bits per heavy atom. The van der Waals surface area contributed by atoms with Crippen LogP contribution in [-0.4, -0.2) is 20.9 Å². The van der Waals surface area contributed by atoms with E-state index in [4.69, 9.17) is 0 Å². The van der Waals surface area contributed by atoms with E-state index in [-0.39, 0.29) is 5.91 Å². The number of carbonyl (C=O) groups is 1. The maximum atomic E-state index is 11.8. The second kappa shape index (κ2) is 6.00. The molecule has 0 radical (unpaired) electrons. The van der Waals surface area contributed by atoms with Crippen molar-refractivity contribution >= 4 is 5.91 Å². The summed E-state index contributed by atoms with van der Waals surface area (Å²) in [5, 5.41) is 2.86. The van der Waals surface area contributed by atoms with Crippen LogP contribution in [-0.2, 0) is 6.54 Å². The molecule has 1 amide bonds. The number of hydrogen-bond donors (Lipinski definition) is 2. The molecular formula is C16H14N4O. The molecule has 2 N–H and O–H groups in total. The maximum Gasteiger partial charge on any atom is 0.269 e. The van der Waals surface area contributed by atoms with Crippen LogP contribution in [0.3, 0.4) is 0 Å². The number of rotatable bonds is 4. The van der Waals surface area contributed by atoms with E-state index in [2.05, 4.69) is 26.3 Å². The highest BCUT2D eigenvalue weighted by atomic mass is 16.1. The largest absolute Gasteiger partial charge is 0.347 e. The smallest absolute Gasteiger partial charge is 0.269 e. The maximum absolute atomic E-state index is 11.8. The number of aromatic nitrogens is 3. The first-order valence-corrected chi connectivity index (χ1v) is 6.59. The summed E-state index contributed by atoms with van der Waals surface area (Å²) >= 11 is 0. The first-order valence-electron chi connectivity index (χ1n) is 6.59. The molecule has 0 aliphatic rings. The zero-order valence-corrected chi connectivity index (χ0v) is 11.3. The van der Waals surface area contributed by atoms with Crippen LogP contribution in [0.5, 0.6) is 0 Å². The zero-order valence-electron chi connectivity index (χ0n) is 11.3. The quantitative estimate of drug-likeness (QED) is 0.770. The second-order valence-corrected chi connectivity index (χ2v) is 4.58. The second-order valence-electron chi connectivity index (χ2n) is 4.58. The average Bonchev–Trinajstić information content (AvgIpc) is 3.08. The van der Waals surface area contributed by atoms with E-state index in [9.17, 15) is 4.79 Å². The summed E-state index contributed by atoms with van der Waals surface area (Å²) in [6.07, 6.45) is 6.52. The molecule has 0 saturated carbocycles. The highest BCUT2D eigenvalue weighted by Gasteiger charge is 2.06. The van der Waals surface area contributed by atoms with Gasteiger partial charge in [-0.3, -0.25) is 9.78 Å². The Morgan fingerprint density at radius 2 is 1.95 bits per heavy atom. The summed E-state index contributed by atoms with van der Waals surface area (Å²) in [6, 6.07) is 12.0. The zero-order chi connectivity index (χ0) is 14.5. The number of benzene rings is 1. The van der Waals surface area contributed by atoms with Gasteiger partial charge in [0.2, 0.25) is 0 Å². The number of carbonyl (C=O) groups excluding carboxylic acids is 1. The number of imidazole rings is 1. The van der Waals surface area contributed by atoms with Gasteiger partial charge in [-0.05, 0) is 34.9 Å². The van der Waals surface area contributed by atoms with Gasteiger partial charge in [0.1, 0.15) is 5.69 Å². The molecule has 0 fully saturated rings. The summed E-state index contributed by atoms with van der Waals surface area (Å²) in [6.45, 7) is 0.469. The van der Waals surface area contributed by atoms with Gasteiger partial charge >= 0.3 is 0 Å². The fourth-order valence-corrected chi connectivity index (χ4v) is 2.06. The Morgan fingerprint density at radius 1 is 1.10 bits per heavy atom. The highest BCUT2D eigenvalue weighted by Crippen LogP contribution is 2.19. The van der Waals surface area contributed by atoms with Crippen LogP contribution in [0, 0.1) is 0 Å². The number of pyridine rings is 1. The molecule has 0 spiro atoms. The van der Waals surface area contributed by atoms with Crippen LogP contribution in [0.4, 0.5) is 0 Å². The molecule has 3 aromatic rings. The summed E-state index contributed by atoms with van der Waals surface area (Å²) in [5.41, 5.74) is 3.70. The van der Waals surface area contributed by atoms with Crippen LogP contribution in [0.2, 0.25) is 0 Å². The van der Waals surface area contributed by atoms with Crippen LogP contribution < -0.4 is 5.32 Å². The fourth-order valence-electron chi connectivity index (χ4n) is 2.06. The lowest BCUT2D eigenvalue weighted by Gasteiger charge is -2.07. The van der Waals surface area contributed by atoms with Crippen molar-refractivity contribution in [3.63, 3.8) is 0 Å². The van der Waals surface area contributed by atoms with E-state index in [0.717, 1.165) is 16.7 Å². The lowest BCUT2D eigenvalue weighted by molar-refractivity contribution is 0.0946. The number of amides is 1. The predicted octanol–water partition coefficient (Wildman–Crippen LogP) is 2.40. The molecule has 2 aromatic heterocycles. The number of H-pyrrole nitrogens is 1. The van der Waals surface area contributed by atoms with Crippen molar-refractivity contribution in [2.45, 2.75) is 6.54 Å². The van der Waals surface area contributed by atoms with Gasteiger partial charge in [0.05, 0.1) is 12.5 Å². The minimum Gasteiger partial charge on any atom is -0.347 e. The number of nitrogens with zero attached hydrogens (tertiary/aromatic N) is 2. The van der Waals surface area contributed by atoms with Crippen molar-refractivity contribution in [1.29, 1.82) is 0 Å². The van der Waals surface area contributed by atoms with E-state index >= 15 is 0 Å². The fraction of sp³-hybridized carbons (Fsp3) is 0.0625. The van der Waals surface area contributed by atoms with Crippen molar-refractivity contribution in [3.8, 4) is 11.1 Å². The van der Waals surface area contributed by atoms with Gasteiger partial charge < -0.3 is 10.3 Å². The molecule has 5 nitrogen and oxygen atoms in total. The van der Waals surface area contributed by atoms with Gasteiger partial charge in [0.15, 0.2) is 0 Å². The number of nitrogens with one attached hydrogen (secondary N) is 2. The molecular weight excluding hydrogens is 264 g/mol. The summed E-state index contributed by atoms with van der Waals surface area (Å²) in [7, 11) is 0. The first-order chi connectivity index (χ1) is 10.3. The number of aromatic amines is 1. The van der Waals surface area contributed by atoms with Gasteiger partial charge in [-0.25, -0.2) is 4.98 Å². The van der Waals surface area contributed by atoms with Gasteiger partial charge in [0.25, 0.3) is 5.91 Å². The van der Waals surface area contributed by atoms with E-state index in [1.165, 1.54) is 12.5 Å². The van der Waals surface area contributed by atoms with Crippen molar-refractivity contribution in [2.75, 3.05) is 0 Å². The molecule has 3 rings (SSSR count). The molecule has 0 aliphatic carbocycles. The summed E-state index contributed by atoms with van der Waals surface area (Å²) < 4.78 is 0. The van der Waals surface area contributed by atoms with E-state index in [1.807, 2.05) is 30.3 Å². The van der Waals surface area contributed by atoms with Crippen molar-refractivity contribution in [2.24, 2.45) is 0 Å². The molecule has 0 atom stereocenters. The molecule has 0 aliphatic heterocycles. The van der Waals surface area contributed by atoms with Crippen LogP contribution in [0.25, 0.3) is 11.1 Å². The van der Waals surface area contributed by atoms with E-state index in [1.54, 1.807) is 12.4 Å². The van der Waals surface area contributed by atoms with Crippen molar-refractivity contribution in [3.05, 3.63) is 72.6 Å². The lowest BCUT2D eigenvalue weighted by atomic mass is 10.0. The van der Waals surface area contributed by atoms with Crippen molar-refractivity contribution < 1.29 is 4.79 Å². The molecule has 0 saturated heterocycles. The predicted molar refractivity (Wildman–Crippen MR) is 79.4 cm³/mol. The average molecular weight is 278 g/mol. The minimum atomic E-state index is -0.165. The third-order valence-electron chi connectivity index (χ3n) is 3.14. The lowest BCUT2D eigenvalue weighted by Crippen LogP contribution is -2.23. The van der Waals surface area contributed by atoms with E-state index in [0.29, 0.717) is 12.2 Å². The normalized spacial score (nSPS) is 10.3. The Bertz CT molecular complexity index is 723. The van der Waals surface area contributed by atoms with Gasteiger partial charge in [-0.15, -0.1) is 0 Å². The van der Waals surface area contributed by atoms with Gasteiger partial charge in [0, 0.05) is 18.9 Å². The molecule has 104 valence electrons. The van der Waals surface area contributed by atoms with Crippen LogP contribution in [0.1, 0.15) is 16.1 Å². The molecule has 21 heavy (non-hydrogen) atoms. The van der Waals surface area contributed by atoms with Gasteiger partial charge in [-0.1, -0.05) is 18.2 Å². The molecule has 2 heterocycles. The highest BCUT2D eigenvalue weighted by molar-refractivity contribution is 5.91. The summed E-state index contributed by atoms with van der Waals surface area (Å²) in [4.78, 5) is 22.5. The van der Waals surface area contributed by atoms with Crippen molar-refractivity contribution in [1.82, 2.24) is 20.3 Å². The molecule has 5 heteroatoms. The monoisotopic (exact) mass is 278 g/mol. The standard InChI is InChI=1S/C16H14N4O/c21-16(15-10-18-11-20-15)19-9-12-2-1-3-14(8-12)13-4-6-17-7-5-13/h1-8,10-11H,9H2,(H,18,20)(H,19,21). The first kappa shape index (κ1) is 13.1. The van der Waals surface area contributed by atoms with Gasteiger partial charge in [-0.2, -0.15) is 0 Å². The minimum absolute atomic E-state index is 0.165.